The summed E-state index contributed by atoms with van der Waals surface area (Å²) < 4.78 is 34.2. The average molecular weight is 1170 g/mol. The lowest BCUT2D eigenvalue weighted by Gasteiger charge is -2.48. The fraction of sp³-hybridized carbons (Fsp3) is 0.794. The van der Waals surface area contributed by atoms with Crippen molar-refractivity contribution in [1.29, 1.82) is 0 Å². The molecule has 474 valence electrons. The molecule has 0 saturated carbocycles. The summed E-state index contributed by atoms with van der Waals surface area (Å²) in [7, 11) is 0. The predicted molar refractivity (Wildman–Crippen MR) is 314 cm³/mol. The van der Waals surface area contributed by atoms with Crippen LogP contribution in [0.4, 0.5) is 0 Å². The topological polar surface area (TPSA) is 307 Å². The van der Waals surface area contributed by atoms with Gasteiger partial charge in [0, 0.05) is 6.42 Å². The van der Waals surface area contributed by atoms with Gasteiger partial charge in [-0.3, -0.25) is 4.79 Å². The highest BCUT2D eigenvalue weighted by Crippen LogP contribution is 2.33. The van der Waals surface area contributed by atoms with Gasteiger partial charge in [0.1, 0.15) is 73.2 Å². The Bertz CT molecular complexity index is 1780. The van der Waals surface area contributed by atoms with Crippen LogP contribution in [0.1, 0.15) is 187 Å². The molecule has 0 bridgehead atoms. The molecule has 0 spiro atoms. The molecule has 17 atom stereocenters. The smallest absolute Gasteiger partial charge is 0.220 e. The Morgan fingerprint density at radius 3 is 1.32 bits per heavy atom. The zero-order chi connectivity index (χ0) is 59.7. The molecular weight excluding hydrogens is 1060 g/mol. The molecule has 3 fully saturated rings. The van der Waals surface area contributed by atoms with Gasteiger partial charge in [-0.2, -0.15) is 0 Å². The van der Waals surface area contributed by atoms with E-state index in [9.17, 15) is 61.0 Å². The summed E-state index contributed by atoms with van der Waals surface area (Å²) in [6.07, 6.45) is 27.3. The van der Waals surface area contributed by atoms with Crippen molar-refractivity contribution in [2.75, 3.05) is 26.4 Å². The van der Waals surface area contributed by atoms with Crippen LogP contribution in [0.3, 0.4) is 0 Å². The van der Waals surface area contributed by atoms with Gasteiger partial charge in [0.15, 0.2) is 18.9 Å². The molecule has 3 heterocycles. The van der Waals surface area contributed by atoms with Gasteiger partial charge in [0.2, 0.25) is 5.91 Å². The Labute approximate surface area is 489 Å². The number of carbonyl (C=O) groups excluding carboxylic acids is 1. The van der Waals surface area contributed by atoms with E-state index in [1.54, 1.807) is 6.08 Å². The van der Waals surface area contributed by atoms with E-state index in [4.69, 9.17) is 28.4 Å². The molecule has 3 aliphatic heterocycles. The molecule has 12 N–H and O–H groups in total. The average Bonchev–Trinajstić information content (AvgIpc) is 3.39. The van der Waals surface area contributed by atoms with Crippen LogP contribution in [0.15, 0.2) is 72.9 Å². The van der Waals surface area contributed by atoms with Crippen LogP contribution in [-0.4, -0.2) is 193 Å². The fourth-order valence-corrected chi connectivity index (χ4v) is 10.2. The number of allylic oxidation sites excluding steroid dienone is 11. The van der Waals surface area contributed by atoms with E-state index in [-0.39, 0.29) is 18.9 Å². The lowest BCUT2D eigenvalue weighted by atomic mass is 9.96. The second-order valence-electron chi connectivity index (χ2n) is 22.1. The van der Waals surface area contributed by atoms with Crippen molar-refractivity contribution < 1.29 is 89.4 Å². The molecule has 82 heavy (non-hydrogen) atoms. The summed E-state index contributed by atoms with van der Waals surface area (Å²) in [6.45, 7) is 1.57. The molecule has 0 aromatic heterocycles. The Morgan fingerprint density at radius 2 is 0.841 bits per heavy atom. The summed E-state index contributed by atoms with van der Waals surface area (Å²) in [5, 5.41) is 120. The number of rotatable bonds is 45. The SMILES string of the molecule is CC/C=C\C/C=C\C/C=C\C/C=C\C/C=C\CCCCCC(=O)NC(COC1OC(CO)C(OC2OC(CO)C(OC3OC(CO)C(O)C(O)C3O)C(O)C2O)C(O)C1O)C(O)/C=C/CCCCCCCCCCCCCCCCCC. The third-order valence-electron chi connectivity index (χ3n) is 15.3. The van der Waals surface area contributed by atoms with Crippen molar-refractivity contribution in [1.82, 2.24) is 5.32 Å². The first-order valence-corrected chi connectivity index (χ1v) is 31.2. The number of amides is 1. The highest BCUT2D eigenvalue weighted by atomic mass is 16.8. The number of aliphatic hydroxyl groups is 11. The van der Waals surface area contributed by atoms with Gasteiger partial charge >= 0.3 is 0 Å². The van der Waals surface area contributed by atoms with Crippen LogP contribution in [0.5, 0.6) is 0 Å². The summed E-state index contributed by atoms with van der Waals surface area (Å²) in [5.74, 6) is -0.309. The van der Waals surface area contributed by atoms with E-state index in [0.717, 1.165) is 77.0 Å². The predicted octanol–water partition coefficient (Wildman–Crippen LogP) is 6.21. The number of hydrogen-bond donors (Lipinski definition) is 12. The zero-order valence-corrected chi connectivity index (χ0v) is 49.4. The number of carbonyl (C=O) groups is 1. The van der Waals surface area contributed by atoms with Gasteiger partial charge in [-0.15, -0.1) is 0 Å². The standard InChI is InChI=1S/C63H109NO18/c1-3-5-7-9-11-13-15-17-19-21-23-25-27-29-31-33-35-37-39-41-51(69)64-46(47(68)40-38-36-34-32-30-28-26-24-22-20-18-16-14-12-10-8-6-4-2)45-77-61-57(75)54(72)59(49(43-66)79-61)82-63-58(76)55(73)60(50(44-67)80-63)81-62-56(74)53(71)52(70)48(42-65)78-62/h5,7,11,13,17,19,23,25,29,31,38,40,46-50,52-63,65-68,70-76H,3-4,6,8-10,12,14-16,18,20-22,24,26-28,30,32-37,39,41-45H2,1-2H3,(H,64,69)/b7-5-,13-11-,19-17-,25-23-,31-29-,40-38+. The van der Waals surface area contributed by atoms with Gasteiger partial charge in [-0.1, -0.05) is 189 Å². The number of nitrogens with one attached hydrogen (secondary N) is 1. The molecule has 3 aliphatic rings. The van der Waals surface area contributed by atoms with E-state index in [2.05, 4.69) is 79.9 Å². The van der Waals surface area contributed by atoms with Gasteiger partial charge in [0.05, 0.1) is 38.6 Å². The third kappa shape index (κ3) is 28.6. The van der Waals surface area contributed by atoms with E-state index >= 15 is 0 Å². The summed E-state index contributed by atoms with van der Waals surface area (Å²) in [6, 6.07) is -0.994. The molecular formula is C63H109NO18. The van der Waals surface area contributed by atoms with Crippen LogP contribution in [0.25, 0.3) is 0 Å². The Balaban J connectivity index is 1.51. The molecule has 0 aromatic carbocycles. The summed E-state index contributed by atoms with van der Waals surface area (Å²) >= 11 is 0. The van der Waals surface area contributed by atoms with Crippen LogP contribution in [-0.2, 0) is 33.2 Å². The number of unbranched alkanes of at least 4 members (excludes halogenated alkanes) is 19. The maximum Gasteiger partial charge on any atom is 0.220 e. The van der Waals surface area contributed by atoms with Crippen molar-refractivity contribution in [2.24, 2.45) is 0 Å². The molecule has 3 saturated heterocycles. The minimum Gasteiger partial charge on any atom is -0.394 e. The molecule has 1 amide bonds. The second kappa shape index (κ2) is 45.5. The first kappa shape index (κ1) is 73.5. The molecule has 19 heteroatoms. The van der Waals surface area contributed by atoms with Gasteiger partial charge in [-0.05, 0) is 64.2 Å². The van der Waals surface area contributed by atoms with Crippen molar-refractivity contribution in [3.63, 3.8) is 0 Å². The van der Waals surface area contributed by atoms with E-state index in [0.29, 0.717) is 6.42 Å². The molecule has 0 aliphatic carbocycles. The van der Waals surface area contributed by atoms with Crippen molar-refractivity contribution in [3.05, 3.63) is 72.9 Å². The third-order valence-corrected chi connectivity index (χ3v) is 15.3. The lowest BCUT2D eigenvalue weighted by Crippen LogP contribution is -2.66. The normalized spacial score (nSPS) is 30.1. The zero-order valence-electron chi connectivity index (χ0n) is 49.4. The van der Waals surface area contributed by atoms with E-state index in [1.807, 2.05) is 6.08 Å². The molecule has 17 unspecified atom stereocenters. The Hall–Kier alpha value is -2.77. The maximum atomic E-state index is 13.3. The molecule has 0 aromatic rings. The van der Waals surface area contributed by atoms with Crippen LogP contribution >= 0.6 is 0 Å². The van der Waals surface area contributed by atoms with E-state index < -0.39 is 124 Å². The van der Waals surface area contributed by atoms with Gasteiger partial charge in [0.25, 0.3) is 0 Å². The van der Waals surface area contributed by atoms with Crippen LogP contribution in [0.2, 0.25) is 0 Å². The van der Waals surface area contributed by atoms with Crippen molar-refractivity contribution in [3.8, 4) is 0 Å². The molecule has 3 rings (SSSR count). The van der Waals surface area contributed by atoms with Gasteiger partial charge in [-0.25, -0.2) is 0 Å². The lowest BCUT2D eigenvalue weighted by molar-refractivity contribution is -0.379. The first-order chi connectivity index (χ1) is 39.8. The minimum atomic E-state index is -1.98. The van der Waals surface area contributed by atoms with Crippen molar-refractivity contribution in [2.45, 2.75) is 291 Å². The number of hydrogen-bond acceptors (Lipinski definition) is 18. The fourth-order valence-electron chi connectivity index (χ4n) is 10.2. The summed E-state index contributed by atoms with van der Waals surface area (Å²) in [4.78, 5) is 13.3. The van der Waals surface area contributed by atoms with Crippen molar-refractivity contribution >= 4 is 5.91 Å². The van der Waals surface area contributed by atoms with Crippen LogP contribution in [0, 0.1) is 0 Å². The Morgan fingerprint density at radius 1 is 0.451 bits per heavy atom. The largest absolute Gasteiger partial charge is 0.394 e. The maximum absolute atomic E-state index is 13.3. The van der Waals surface area contributed by atoms with Crippen LogP contribution < -0.4 is 5.32 Å². The minimum absolute atomic E-state index is 0.201. The van der Waals surface area contributed by atoms with Gasteiger partial charge < -0.3 is 89.9 Å². The number of ether oxygens (including phenoxy) is 6. The van der Waals surface area contributed by atoms with E-state index in [1.165, 1.54) is 83.5 Å². The Kier molecular flexibility index (Phi) is 40.8. The highest BCUT2D eigenvalue weighted by molar-refractivity contribution is 5.76. The first-order valence-electron chi connectivity index (χ1n) is 31.2. The second-order valence-corrected chi connectivity index (χ2v) is 22.1. The molecule has 19 nitrogen and oxygen atoms in total. The quantitative estimate of drug-likeness (QED) is 0.0238. The highest BCUT2D eigenvalue weighted by Gasteiger charge is 2.53. The molecule has 0 radical (unpaired) electrons. The monoisotopic (exact) mass is 1170 g/mol. The number of aliphatic hydroxyl groups excluding tert-OH is 11. The summed E-state index contributed by atoms with van der Waals surface area (Å²) in [5.41, 5.74) is 0.